The minimum atomic E-state index is -0.0499. The first kappa shape index (κ1) is 22.9. The van der Waals surface area contributed by atoms with Gasteiger partial charge in [0.05, 0.1) is 16.5 Å². The molecule has 2 fully saturated rings. The molecule has 5 heteroatoms. The SMILES string of the molecule is CC12CCCC1(C)N1c3ccccc3B3c4c1c2cc1c4N(c2oc4c(oc5ccccc54)c23)C2(C)CCCCC12C. The standard InChI is InChI=1S/C37H35BN2O2/c1-34-16-9-10-18-37(34,4)40-30-23(34)20-22-29-27(30)38(28-32-31(42-33(28)40)21-12-5-8-15-26(21)41-32)24-13-6-7-14-25(24)39(29)36(3)19-11-17-35(22,36)2/h5-8,12-15,20H,9-11,16-19H2,1-4H3. The van der Waals surface area contributed by atoms with E-state index in [1.807, 2.05) is 0 Å². The molecule has 2 aromatic heterocycles. The quantitative estimate of drug-likeness (QED) is 0.188. The summed E-state index contributed by atoms with van der Waals surface area (Å²) in [6.07, 6.45) is 8.70. The third-order valence-corrected chi connectivity index (χ3v) is 13.7. The summed E-state index contributed by atoms with van der Waals surface area (Å²) in [5.41, 5.74) is 14.6. The zero-order chi connectivity index (χ0) is 28.0. The summed E-state index contributed by atoms with van der Waals surface area (Å²) in [5.74, 6) is 1.03. The van der Waals surface area contributed by atoms with Gasteiger partial charge in [-0.15, -0.1) is 0 Å². The number of fused-ring (bicyclic) bond motifs is 16. The van der Waals surface area contributed by atoms with Crippen LogP contribution in [0, 0.1) is 0 Å². The predicted octanol–water partition coefficient (Wildman–Crippen LogP) is 7.42. The van der Waals surface area contributed by atoms with Gasteiger partial charge in [0.25, 0.3) is 6.71 Å². The van der Waals surface area contributed by atoms with E-state index in [-0.39, 0.29) is 28.6 Å². The highest BCUT2D eigenvalue weighted by Crippen LogP contribution is 2.68. The second-order valence-corrected chi connectivity index (χ2v) is 15.1. The van der Waals surface area contributed by atoms with Gasteiger partial charge in [-0.05, 0) is 79.8 Å². The van der Waals surface area contributed by atoms with Crippen LogP contribution in [0.3, 0.4) is 0 Å². The normalized spacial score (nSPS) is 32.8. The molecular weight excluding hydrogens is 515 g/mol. The summed E-state index contributed by atoms with van der Waals surface area (Å²) in [7, 11) is 0. The van der Waals surface area contributed by atoms with Crippen molar-refractivity contribution in [1.29, 1.82) is 0 Å². The van der Waals surface area contributed by atoms with Crippen molar-refractivity contribution in [2.75, 3.05) is 9.80 Å². The van der Waals surface area contributed by atoms with Gasteiger partial charge in [0.15, 0.2) is 17.1 Å². The van der Waals surface area contributed by atoms with Crippen molar-refractivity contribution in [1.82, 2.24) is 0 Å². The van der Waals surface area contributed by atoms with E-state index >= 15 is 0 Å². The van der Waals surface area contributed by atoms with Crippen molar-refractivity contribution >= 4 is 68.2 Å². The number of rotatable bonds is 0. The molecule has 3 aromatic carbocycles. The van der Waals surface area contributed by atoms with Crippen molar-refractivity contribution in [3.05, 3.63) is 65.7 Å². The summed E-state index contributed by atoms with van der Waals surface area (Å²) in [4.78, 5) is 5.50. The van der Waals surface area contributed by atoms with Crippen molar-refractivity contribution < 1.29 is 8.83 Å². The molecule has 4 atom stereocenters. The van der Waals surface area contributed by atoms with Crippen molar-refractivity contribution in [2.45, 2.75) is 94.5 Å². The Balaban J connectivity index is 1.36. The van der Waals surface area contributed by atoms with E-state index in [2.05, 4.69) is 92.1 Å². The molecule has 0 N–H and O–H groups in total. The molecule has 4 unspecified atom stereocenters. The monoisotopic (exact) mass is 550 g/mol. The Morgan fingerprint density at radius 1 is 0.667 bits per heavy atom. The van der Waals surface area contributed by atoms with Gasteiger partial charge in [-0.1, -0.05) is 69.5 Å². The second kappa shape index (κ2) is 6.64. The van der Waals surface area contributed by atoms with Gasteiger partial charge < -0.3 is 18.6 Å². The highest BCUT2D eigenvalue weighted by molar-refractivity contribution is 7.01. The maximum absolute atomic E-state index is 7.11. The molecule has 11 rings (SSSR count). The van der Waals surface area contributed by atoms with Crippen LogP contribution in [0.4, 0.5) is 22.9 Å². The maximum Gasteiger partial charge on any atom is 0.261 e. The Hall–Kier alpha value is -3.60. The molecule has 0 saturated heterocycles. The number of para-hydroxylation sites is 2. The van der Waals surface area contributed by atoms with Crippen LogP contribution < -0.4 is 26.2 Å². The van der Waals surface area contributed by atoms with Crippen LogP contribution in [0.5, 0.6) is 0 Å². The van der Waals surface area contributed by atoms with Gasteiger partial charge in [0.1, 0.15) is 5.58 Å². The first-order valence-corrected chi connectivity index (χ1v) is 16.2. The summed E-state index contributed by atoms with van der Waals surface area (Å²) in [6.45, 7) is 10.3. The number of furan rings is 2. The first-order chi connectivity index (χ1) is 20.3. The van der Waals surface area contributed by atoms with E-state index in [1.165, 1.54) is 78.4 Å². The number of anilines is 4. The Bertz CT molecular complexity index is 2090. The zero-order valence-corrected chi connectivity index (χ0v) is 24.9. The minimum Gasteiger partial charge on any atom is -0.453 e. The van der Waals surface area contributed by atoms with Crippen LogP contribution in [-0.4, -0.2) is 17.8 Å². The molecule has 0 radical (unpaired) electrons. The summed E-state index contributed by atoms with van der Waals surface area (Å²) >= 11 is 0. The fraction of sp³-hybridized carbons (Fsp3) is 0.405. The Kier molecular flexibility index (Phi) is 3.63. The van der Waals surface area contributed by atoms with Crippen LogP contribution in [0.15, 0.2) is 63.4 Å². The molecule has 2 saturated carbocycles. The molecule has 0 bridgehead atoms. The molecule has 42 heavy (non-hydrogen) atoms. The van der Waals surface area contributed by atoms with Crippen LogP contribution in [0.25, 0.3) is 22.1 Å². The average molecular weight is 551 g/mol. The lowest BCUT2D eigenvalue weighted by Crippen LogP contribution is -2.65. The van der Waals surface area contributed by atoms with E-state index in [4.69, 9.17) is 8.83 Å². The number of nitrogens with zero attached hydrogens (tertiary/aromatic N) is 2. The Morgan fingerprint density at radius 3 is 2.19 bits per heavy atom. The van der Waals surface area contributed by atoms with Gasteiger partial charge in [0.2, 0.25) is 0 Å². The van der Waals surface area contributed by atoms with Gasteiger partial charge in [0, 0.05) is 33.4 Å². The van der Waals surface area contributed by atoms with Crippen LogP contribution in [0.2, 0.25) is 0 Å². The minimum absolute atomic E-state index is 0.0499. The predicted molar refractivity (Wildman–Crippen MR) is 172 cm³/mol. The van der Waals surface area contributed by atoms with Gasteiger partial charge in [-0.3, -0.25) is 0 Å². The topological polar surface area (TPSA) is 32.8 Å². The Morgan fingerprint density at radius 2 is 1.33 bits per heavy atom. The van der Waals surface area contributed by atoms with Crippen LogP contribution in [0.1, 0.15) is 83.8 Å². The van der Waals surface area contributed by atoms with E-state index in [1.54, 1.807) is 11.1 Å². The van der Waals surface area contributed by atoms with E-state index < -0.39 is 0 Å². The third-order valence-electron chi connectivity index (χ3n) is 13.7. The fourth-order valence-corrected chi connectivity index (χ4v) is 11.2. The highest BCUT2D eigenvalue weighted by atomic mass is 16.4. The van der Waals surface area contributed by atoms with E-state index in [0.29, 0.717) is 0 Å². The van der Waals surface area contributed by atoms with Gasteiger partial charge in [-0.2, -0.15) is 0 Å². The molecule has 208 valence electrons. The lowest BCUT2D eigenvalue weighted by Gasteiger charge is -2.51. The van der Waals surface area contributed by atoms with Gasteiger partial charge in [-0.25, -0.2) is 0 Å². The van der Waals surface area contributed by atoms with Crippen molar-refractivity contribution in [3.8, 4) is 0 Å². The second-order valence-electron chi connectivity index (χ2n) is 15.1. The van der Waals surface area contributed by atoms with Crippen LogP contribution in [-0.2, 0) is 10.8 Å². The number of hydrogen-bond donors (Lipinski definition) is 0. The summed E-state index contributed by atoms with van der Waals surface area (Å²) in [5, 5.41) is 1.08. The number of hydrogen-bond acceptors (Lipinski definition) is 4. The molecule has 4 nitrogen and oxygen atoms in total. The van der Waals surface area contributed by atoms with Crippen LogP contribution >= 0.6 is 0 Å². The average Bonchev–Trinajstić information content (AvgIpc) is 3.71. The lowest BCUT2D eigenvalue weighted by atomic mass is 9.33. The van der Waals surface area contributed by atoms with E-state index in [0.717, 1.165) is 28.0 Å². The molecule has 4 aliphatic heterocycles. The smallest absolute Gasteiger partial charge is 0.261 e. The first-order valence-electron chi connectivity index (χ1n) is 16.2. The lowest BCUT2D eigenvalue weighted by molar-refractivity contribution is 0.191. The fourth-order valence-electron chi connectivity index (χ4n) is 11.2. The van der Waals surface area contributed by atoms with E-state index in [9.17, 15) is 0 Å². The molecule has 0 amide bonds. The largest absolute Gasteiger partial charge is 0.453 e. The molecule has 6 aliphatic rings. The number of benzene rings is 3. The zero-order valence-electron chi connectivity index (χ0n) is 24.9. The molecular formula is C37H35BN2O2. The van der Waals surface area contributed by atoms with Crippen molar-refractivity contribution in [3.63, 3.8) is 0 Å². The molecule has 6 heterocycles. The van der Waals surface area contributed by atoms with Gasteiger partial charge >= 0.3 is 0 Å². The summed E-state index contributed by atoms with van der Waals surface area (Å²) < 4.78 is 13.9. The summed E-state index contributed by atoms with van der Waals surface area (Å²) in [6, 6.07) is 20.4. The molecule has 2 aliphatic carbocycles. The Labute approximate surface area is 246 Å². The maximum atomic E-state index is 7.11. The highest BCUT2D eigenvalue weighted by Gasteiger charge is 2.68. The van der Waals surface area contributed by atoms with Crippen molar-refractivity contribution in [2.24, 2.45) is 0 Å². The third kappa shape index (κ3) is 2.04. The molecule has 0 spiro atoms. The molecule has 5 aromatic rings.